The first-order chi connectivity index (χ1) is 9.16. The Hall–Kier alpha value is -1.48. The molecular weight excluding hydrogens is 288 g/mol. The molecule has 0 unspecified atom stereocenters. The van der Waals surface area contributed by atoms with Gasteiger partial charge in [0.1, 0.15) is 10.7 Å². The van der Waals surface area contributed by atoms with E-state index in [9.17, 15) is 14.7 Å². The Morgan fingerprint density at radius 2 is 2.53 bits per heavy atom. The number of nitrogens with one attached hydrogen (secondary N) is 1. The highest BCUT2D eigenvalue weighted by Crippen LogP contribution is 2.40. The number of aromatic nitrogens is 3. The summed E-state index contributed by atoms with van der Waals surface area (Å²) in [6.45, 7) is 0. The fraction of sp³-hybridized carbons (Fsp3) is 0.400. The predicted octanol–water partition coefficient (Wildman–Crippen LogP) is 0.541. The first-order valence-electron chi connectivity index (χ1n) is 5.54. The molecule has 2 aliphatic rings. The summed E-state index contributed by atoms with van der Waals surface area (Å²) in [5, 5.41) is 20.1. The van der Waals surface area contributed by atoms with E-state index in [1.54, 1.807) is 18.0 Å². The largest absolute Gasteiger partial charge is 0.477 e. The molecule has 0 radical (unpaired) electrons. The summed E-state index contributed by atoms with van der Waals surface area (Å²) < 4.78 is 0. The summed E-state index contributed by atoms with van der Waals surface area (Å²) in [5.41, 5.74) is 0.908. The van der Waals surface area contributed by atoms with Gasteiger partial charge in [-0.3, -0.25) is 9.69 Å². The highest BCUT2D eigenvalue weighted by Gasteiger charge is 2.45. The Kier molecular flexibility index (Phi) is 3.23. The number of carboxylic acids is 1. The van der Waals surface area contributed by atoms with Gasteiger partial charge in [0.15, 0.2) is 0 Å². The number of rotatable bonds is 4. The standard InChI is InChI=1S/C10H10N4O3S2/c15-7-1-8-14(7)9(10(16)17)5(4-19-8)3-18-6-2-11-13-12-6/h2,8H,1,3-4H2,(H,16,17)(H,11,12,13)/t8-/m0/s1. The third kappa shape index (κ3) is 2.23. The van der Waals surface area contributed by atoms with Gasteiger partial charge in [-0.05, 0) is 5.57 Å². The van der Waals surface area contributed by atoms with Crippen molar-refractivity contribution in [2.75, 3.05) is 11.5 Å². The molecule has 9 heteroatoms. The van der Waals surface area contributed by atoms with Crippen LogP contribution in [-0.4, -0.2) is 54.2 Å². The van der Waals surface area contributed by atoms with Crippen molar-refractivity contribution >= 4 is 35.4 Å². The molecule has 0 spiro atoms. The zero-order chi connectivity index (χ0) is 13.4. The molecule has 1 aromatic rings. The Labute approximate surface area is 116 Å². The van der Waals surface area contributed by atoms with Crippen LogP contribution in [0.4, 0.5) is 0 Å². The van der Waals surface area contributed by atoms with Crippen LogP contribution in [0.3, 0.4) is 0 Å². The van der Waals surface area contributed by atoms with Gasteiger partial charge in [-0.2, -0.15) is 10.3 Å². The monoisotopic (exact) mass is 298 g/mol. The zero-order valence-electron chi connectivity index (χ0n) is 9.70. The Bertz CT molecular complexity index is 557. The van der Waals surface area contributed by atoms with Crippen LogP contribution in [0, 0.1) is 0 Å². The van der Waals surface area contributed by atoms with E-state index in [1.165, 1.54) is 16.7 Å². The SMILES string of the molecule is O=C(O)C1=C(CSc2cn[nH]n2)CS[C@H]2CC(=O)N12. The highest BCUT2D eigenvalue weighted by molar-refractivity contribution is 8.01. The van der Waals surface area contributed by atoms with Crippen LogP contribution in [0.15, 0.2) is 22.5 Å². The van der Waals surface area contributed by atoms with Gasteiger partial charge in [-0.1, -0.05) is 11.8 Å². The Morgan fingerprint density at radius 1 is 1.68 bits per heavy atom. The van der Waals surface area contributed by atoms with E-state index in [4.69, 9.17) is 0 Å². The number of nitrogens with zero attached hydrogens (tertiary/aromatic N) is 3. The van der Waals surface area contributed by atoms with Gasteiger partial charge in [-0.25, -0.2) is 4.79 Å². The zero-order valence-corrected chi connectivity index (χ0v) is 11.3. The summed E-state index contributed by atoms with van der Waals surface area (Å²) >= 11 is 3.02. The van der Waals surface area contributed by atoms with Crippen molar-refractivity contribution in [3.05, 3.63) is 17.5 Å². The second-order valence-corrected chi connectivity index (χ2v) is 6.25. The number of thioether (sulfide) groups is 2. The quantitative estimate of drug-likeness (QED) is 0.618. The van der Waals surface area contributed by atoms with Crippen molar-refractivity contribution in [1.29, 1.82) is 0 Å². The van der Waals surface area contributed by atoms with Crippen LogP contribution in [0.1, 0.15) is 6.42 Å². The average Bonchev–Trinajstić information content (AvgIpc) is 2.88. The van der Waals surface area contributed by atoms with Gasteiger partial charge in [0, 0.05) is 11.5 Å². The number of fused-ring (bicyclic) bond motifs is 1. The summed E-state index contributed by atoms with van der Waals surface area (Å²) in [4.78, 5) is 24.3. The van der Waals surface area contributed by atoms with E-state index in [0.717, 1.165) is 5.57 Å². The summed E-state index contributed by atoms with van der Waals surface area (Å²) in [6.07, 6.45) is 2.02. The first kappa shape index (κ1) is 12.5. The van der Waals surface area contributed by atoms with Crippen molar-refractivity contribution in [1.82, 2.24) is 20.3 Å². The number of aliphatic carboxylic acids is 1. The normalized spacial score (nSPS) is 22.2. The smallest absolute Gasteiger partial charge is 0.352 e. The Balaban J connectivity index is 1.81. The van der Waals surface area contributed by atoms with E-state index < -0.39 is 5.97 Å². The molecule has 0 aliphatic carbocycles. The number of H-pyrrole nitrogens is 1. The summed E-state index contributed by atoms with van der Waals surface area (Å²) in [5.74, 6) is -0.00821. The van der Waals surface area contributed by atoms with Crippen LogP contribution < -0.4 is 0 Å². The molecule has 3 rings (SSSR count). The lowest BCUT2D eigenvalue weighted by Crippen LogP contribution is -2.54. The number of hydrogen-bond donors (Lipinski definition) is 2. The van der Waals surface area contributed by atoms with Gasteiger partial charge in [-0.15, -0.1) is 16.9 Å². The molecule has 2 aliphatic heterocycles. The minimum absolute atomic E-state index is 0.000555. The van der Waals surface area contributed by atoms with Gasteiger partial charge >= 0.3 is 5.97 Å². The fourth-order valence-corrected chi connectivity index (χ4v) is 4.20. The number of amides is 1. The van der Waals surface area contributed by atoms with Crippen LogP contribution in [0.5, 0.6) is 0 Å². The summed E-state index contributed by atoms with van der Waals surface area (Å²) in [6, 6.07) is 0. The molecule has 0 aromatic carbocycles. The molecule has 1 saturated heterocycles. The van der Waals surface area contributed by atoms with Gasteiger partial charge in [0.25, 0.3) is 0 Å². The highest BCUT2D eigenvalue weighted by atomic mass is 32.2. The first-order valence-corrected chi connectivity index (χ1v) is 7.58. The van der Waals surface area contributed by atoms with Crippen molar-refractivity contribution < 1.29 is 14.7 Å². The van der Waals surface area contributed by atoms with Crippen molar-refractivity contribution in [3.63, 3.8) is 0 Å². The second-order valence-electron chi connectivity index (χ2n) is 4.09. The van der Waals surface area contributed by atoms with E-state index in [2.05, 4.69) is 15.4 Å². The van der Waals surface area contributed by atoms with E-state index in [0.29, 0.717) is 23.0 Å². The summed E-state index contributed by atoms with van der Waals surface area (Å²) in [7, 11) is 0. The molecule has 0 bridgehead atoms. The molecule has 1 atom stereocenters. The topological polar surface area (TPSA) is 99.2 Å². The minimum Gasteiger partial charge on any atom is -0.477 e. The number of aromatic amines is 1. The number of carboxylic acid groups (broad SMARTS) is 1. The van der Waals surface area contributed by atoms with Crippen LogP contribution in [0.2, 0.25) is 0 Å². The molecule has 1 fully saturated rings. The fourth-order valence-electron chi connectivity index (χ4n) is 2.01. The second kappa shape index (κ2) is 4.89. The maximum atomic E-state index is 11.5. The van der Waals surface area contributed by atoms with Crippen LogP contribution in [-0.2, 0) is 9.59 Å². The molecular formula is C10H10N4O3S2. The number of carbonyl (C=O) groups excluding carboxylic acids is 1. The van der Waals surface area contributed by atoms with Crippen LogP contribution >= 0.6 is 23.5 Å². The lowest BCUT2D eigenvalue weighted by Gasteiger charge is -2.43. The Morgan fingerprint density at radius 3 is 3.16 bits per heavy atom. The lowest BCUT2D eigenvalue weighted by molar-refractivity contribution is -0.146. The molecule has 1 aromatic heterocycles. The van der Waals surface area contributed by atoms with Gasteiger partial charge in [0.2, 0.25) is 5.91 Å². The van der Waals surface area contributed by atoms with E-state index in [1.807, 2.05) is 0 Å². The maximum absolute atomic E-state index is 11.5. The molecule has 7 nitrogen and oxygen atoms in total. The maximum Gasteiger partial charge on any atom is 0.352 e. The van der Waals surface area contributed by atoms with Crippen molar-refractivity contribution in [3.8, 4) is 0 Å². The third-order valence-corrected chi connectivity index (χ3v) is 5.18. The van der Waals surface area contributed by atoms with Crippen molar-refractivity contribution in [2.24, 2.45) is 0 Å². The van der Waals surface area contributed by atoms with Gasteiger partial charge in [0.05, 0.1) is 18.0 Å². The van der Waals surface area contributed by atoms with Gasteiger partial charge < -0.3 is 5.11 Å². The van der Waals surface area contributed by atoms with Crippen molar-refractivity contribution in [2.45, 2.75) is 16.8 Å². The minimum atomic E-state index is -1.03. The number of carbonyl (C=O) groups is 2. The molecule has 2 N–H and O–H groups in total. The third-order valence-electron chi connectivity index (χ3n) is 2.92. The van der Waals surface area contributed by atoms with E-state index in [-0.39, 0.29) is 17.0 Å². The number of β-lactam (4-membered cyclic amide) rings is 1. The average molecular weight is 298 g/mol. The number of hydrogen-bond acceptors (Lipinski definition) is 6. The van der Waals surface area contributed by atoms with Crippen LogP contribution in [0.25, 0.3) is 0 Å². The lowest BCUT2D eigenvalue weighted by atomic mass is 10.1. The molecule has 3 heterocycles. The molecule has 1 amide bonds. The van der Waals surface area contributed by atoms with E-state index >= 15 is 0 Å². The molecule has 100 valence electrons. The molecule has 19 heavy (non-hydrogen) atoms. The predicted molar refractivity (Wildman–Crippen MR) is 69.5 cm³/mol. The molecule has 0 saturated carbocycles.